The summed E-state index contributed by atoms with van der Waals surface area (Å²) in [7, 11) is -3.64. The lowest BCUT2D eigenvalue weighted by atomic mass is 10.2. The molecule has 31 heavy (non-hydrogen) atoms. The Bertz CT molecular complexity index is 1080. The lowest BCUT2D eigenvalue weighted by molar-refractivity contribution is -0.116. The Morgan fingerprint density at radius 3 is 2.48 bits per heavy atom. The van der Waals surface area contributed by atoms with Gasteiger partial charge in [0.05, 0.1) is 17.7 Å². The van der Waals surface area contributed by atoms with Crippen LogP contribution in [0.5, 0.6) is 0 Å². The molecule has 3 aromatic rings. The van der Waals surface area contributed by atoms with Gasteiger partial charge in [-0.25, -0.2) is 13.1 Å². The zero-order valence-electron chi connectivity index (χ0n) is 16.9. The monoisotopic (exact) mass is 456 g/mol. The minimum atomic E-state index is -3.64. The largest absolute Gasteiger partial charge is 0.468 e. The van der Waals surface area contributed by atoms with Crippen LogP contribution in [0.3, 0.4) is 0 Å². The van der Waals surface area contributed by atoms with Gasteiger partial charge in [0.1, 0.15) is 5.76 Å². The van der Waals surface area contributed by atoms with Crippen LogP contribution in [0.4, 0.5) is 0 Å². The Kier molecular flexibility index (Phi) is 8.52. The molecule has 0 aliphatic rings. The Balaban J connectivity index is 1.40. The first-order valence-electron chi connectivity index (χ1n) is 9.79. The molecule has 8 heteroatoms. The topological polar surface area (TPSA) is 88.4 Å². The van der Waals surface area contributed by atoms with Crippen LogP contribution in [0.15, 0.2) is 93.3 Å². The molecule has 0 unspecified atom stereocenters. The van der Waals surface area contributed by atoms with Gasteiger partial charge in [-0.05, 0) is 60.2 Å². The Morgan fingerprint density at radius 2 is 1.77 bits per heavy atom. The average Bonchev–Trinajstić information content (AvgIpc) is 3.31. The van der Waals surface area contributed by atoms with Crippen LogP contribution in [-0.2, 0) is 21.4 Å². The Hall–Kier alpha value is -2.81. The first-order valence-corrected chi connectivity index (χ1v) is 12.3. The van der Waals surface area contributed by atoms with Crippen molar-refractivity contribution in [2.45, 2.75) is 22.8 Å². The van der Waals surface area contributed by atoms with E-state index in [9.17, 15) is 13.2 Å². The van der Waals surface area contributed by atoms with Gasteiger partial charge in [0.15, 0.2) is 0 Å². The summed E-state index contributed by atoms with van der Waals surface area (Å²) in [5.74, 6) is 1.28. The smallest absolute Gasteiger partial charge is 0.243 e. The minimum absolute atomic E-state index is 0.0843. The molecule has 6 nitrogen and oxygen atoms in total. The highest BCUT2D eigenvalue weighted by Gasteiger charge is 2.13. The van der Waals surface area contributed by atoms with E-state index < -0.39 is 10.0 Å². The standard InChI is InChI=1S/C23H24N2O4S2/c26-23(24-15-5-17-30-21-7-2-1-3-8-21)14-11-19-9-12-22(13-10-19)31(27,28)25-18-20-6-4-16-29-20/h1-4,6-14,16,25H,5,15,17-18H2,(H,24,26)/b14-11+. The number of hydrogen-bond donors (Lipinski definition) is 2. The van der Waals surface area contributed by atoms with Gasteiger partial charge in [-0.3, -0.25) is 4.79 Å². The highest BCUT2D eigenvalue weighted by atomic mass is 32.2. The maximum atomic E-state index is 12.3. The molecule has 162 valence electrons. The quantitative estimate of drug-likeness (QED) is 0.258. The van der Waals surface area contributed by atoms with E-state index in [1.54, 1.807) is 42.1 Å². The lowest BCUT2D eigenvalue weighted by Crippen LogP contribution is -2.23. The molecule has 2 aromatic carbocycles. The number of hydrogen-bond acceptors (Lipinski definition) is 5. The number of thioether (sulfide) groups is 1. The van der Waals surface area contributed by atoms with Crippen molar-refractivity contribution in [3.05, 3.63) is 90.4 Å². The summed E-state index contributed by atoms with van der Waals surface area (Å²) in [6.45, 7) is 0.683. The molecule has 1 amide bonds. The summed E-state index contributed by atoms with van der Waals surface area (Å²) in [5.41, 5.74) is 0.736. The highest BCUT2D eigenvalue weighted by Crippen LogP contribution is 2.17. The maximum Gasteiger partial charge on any atom is 0.243 e. The summed E-state index contributed by atoms with van der Waals surface area (Å²) in [6, 6.07) is 19.9. The van der Waals surface area contributed by atoms with E-state index in [-0.39, 0.29) is 17.3 Å². The lowest BCUT2D eigenvalue weighted by Gasteiger charge is -2.06. The fourth-order valence-corrected chi connectivity index (χ4v) is 4.51. The molecule has 0 aliphatic heterocycles. The number of nitrogens with one attached hydrogen (secondary N) is 2. The van der Waals surface area contributed by atoms with Crippen molar-refractivity contribution in [1.82, 2.24) is 10.0 Å². The fourth-order valence-electron chi connectivity index (χ4n) is 2.64. The second-order valence-electron chi connectivity index (χ2n) is 6.61. The minimum Gasteiger partial charge on any atom is -0.468 e. The predicted molar refractivity (Wildman–Crippen MR) is 123 cm³/mol. The van der Waals surface area contributed by atoms with Crippen LogP contribution in [0.2, 0.25) is 0 Å². The number of amides is 1. The molecule has 3 rings (SSSR count). The van der Waals surface area contributed by atoms with E-state index in [1.165, 1.54) is 29.4 Å². The summed E-state index contributed by atoms with van der Waals surface area (Å²) >= 11 is 1.76. The molecule has 0 radical (unpaired) electrons. The molecule has 1 aromatic heterocycles. The van der Waals surface area contributed by atoms with Gasteiger partial charge in [-0.2, -0.15) is 0 Å². The Labute approximate surface area is 186 Å². The van der Waals surface area contributed by atoms with E-state index in [0.717, 1.165) is 17.7 Å². The van der Waals surface area contributed by atoms with Crippen molar-refractivity contribution in [2.24, 2.45) is 0 Å². The molecule has 0 aliphatic carbocycles. The van der Waals surface area contributed by atoms with Gasteiger partial charge >= 0.3 is 0 Å². The predicted octanol–water partition coefficient (Wildman–Crippen LogP) is 4.07. The number of carbonyl (C=O) groups excluding carboxylic acids is 1. The molecule has 2 N–H and O–H groups in total. The molecule has 1 heterocycles. The first-order chi connectivity index (χ1) is 15.0. The van der Waals surface area contributed by atoms with E-state index in [1.807, 2.05) is 18.2 Å². The number of furan rings is 1. The van der Waals surface area contributed by atoms with Gasteiger partial charge in [-0.15, -0.1) is 11.8 Å². The van der Waals surface area contributed by atoms with Crippen molar-refractivity contribution in [1.29, 1.82) is 0 Å². The van der Waals surface area contributed by atoms with Crippen molar-refractivity contribution in [2.75, 3.05) is 12.3 Å². The van der Waals surface area contributed by atoms with Crippen LogP contribution >= 0.6 is 11.8 Å². The summed E-state index contributed by atoms with van der Waals surface area (Å²) < 4.78 is 32.3. The second kappa shape index (κ2) is 11.5. The molecule has 0 saturated heterocycles. The summed E-state index contributed by atoms with van der Waals surface area (Å²) in [4.78, 5) is 13.3. The van der Waals surface area contributed by atoms with Crippen molar-refractivity contribution >= 4 is 33.8 Å². The molecule has 0 fully saturated rings. The van der Waals surface area contributed by atoms with Gasteiger partial charge in [-0.1, -0.05) is 30.3 Å². The molecular weight excluding hydrogens is 432 g/mol. The Morgan fingerprint density at radius 1 is 1.00 bits per heavy atom. The normalized spacial score (nSPS) is 11.6. The third-order valence-corrected chi connectivity index (χ3v) is 6.78. The van der Waals surface area contributed by atoms with E-state index >= 15 is 0 Å². The average molecular weight is 457 g/mol. The number of sulfonamides is 1. The van der Waals surface area contributed by atoms with Crippen molar-refractivity contribution in [3.63, 3.8) is 0 Å². The third kappa shape index (κ3) is 7.75. The van der Waals surface area contributed by atoms with E-state index in [2.05, 4.69) is 22.2 Å². The zero-order valence-corrected chi connectivity index (χ0v) is 18.5. The second-order valence-corrected chi connectivity index (χ2v) is 9.55. The van der Waals surface area contributed by atoms with Crippen LogP contribution in [-0.4, -0.2) is 26.6 Å². The maximum absolute atomic E-state index is 12.3. The van der Waals surface area contributed by atoms with Crippen LogP contribution in [0.1, 0.15) is 17.7 Å². The first kappa shape index (κ1) is 22.9. The molecule has 0 spiro atoms. The third-order valence-electron chi connectivity index (χ3n) is 4.27. The highest BCUT2D eigenvalue weighted by molar-refractivity contribution is 7.99. The molecule has 0 atom stereocenters. The molecule has 0 bridgehead atoms. The number of benzene rings is 2. The van der Waals surface area contributed by atoms with Gasteiger partial charge in [0.2, 0.25) is 15.9 Å². The summed E-state index contributed by atoms with van der Waals surface area (Å²) in [6.07, 6.45) is 5.46. The van der Waals surface area contributed by atoms with Crippen molar-refractivity contribution < 1.29 is 17.6 Å². The van der Waals surface area contributed by atoms with Gasteiger partial charge in [0, 0.05) is 17.5 Å². The zero-order chi connectivity index (χ0) is 21.9. The summed E-state index contributed by atoms with van der Waals surface area (Å²) in [5, 5.41) is 2.85. The van der Waals surface area contributed by atoms with E-state index in [0.29, 0.717) is 12.3 Å². The van der Waals surface area contributed by atoms with Gasteiger partial charge < -0.3 is 9.73 Å². The van der Waals surface area contributed by atoms with Crippen molar-refractivity contribution in [3.8, 4) is 0 Å². The fraction of sp³-hybridized carbons (Fsp3) is 0.174. The van der Waals surface area contributed by atoms with Crippen LogP contribution < -0.4 is 10.0 Å². The van der Waals surface area contributed by atoms with E-state index in [4.69, 9.17) is 4.42 Å². The van der Waals surface area contributed by atoms with Gasteiger partial charge in [0.25, 0.3) is 0 Å². The number of rotatable bonds is 11. The molecular formula is C23H24N2O4S2. The number of carbonyl (C=O) groups is 1. The molecule has 0 saturated carbocycles. The van der Waals surface area contributed by atoms with Crippen LogP contribution in [0.25, 0.3) is 6.08 Å². The van der Waals surface area contributed by atoms with Crippen LogP contribution in [0, 0.1) is 0 Å². The SMILES string of the molecule is O=C(/C=C/c1ccc(S(=O)(=O)NCc2ccco2)cc1)NCCCSc1ccccc1.